The molecule has 1 aliphatic rings. The molecule has 1 rings (SSSR count). The first-order chi connectivity index (χ1) is 9.41. The van der Waals surface area contributed by atoms with E-state index in [-0.39, 0.29) is 0 Å². The van der Waals surface area contributed by atoms with E-state index in [9.17, 15) is 0 Å². The van der Waals surface area contributed by atoms with Crippen LogP contribution in [0.2, 0.25) is 0 Å². The van der Waals surface area contributed by atoms with Crippen LogP contribution in [0.1, 0.15) is 41.5 Å². The van der Waals surface area contributed by atoms with Gasteiger partial charge in [-0.1, -0.05) is 41.5 Å². The minimum Gasteiger partial charge on any atom is -0.315 e. The SMILES string of the molecule is CC.CC1(C)CNCCNCC(C)(C)CNCCNC1. The van der Waals surface area contributed by atoms with E-state index in [1.54, 1.807) is 0 Å². The number of hydrogen-bond donors (Lipinski definition) is 4. The molecule has 122 valence electrons. The third kappa shape index (κ3) is 10.6. The molecular weight excluding hydrogens is 248 g/mol. The van der Waals surface area contributed by atoms with Crippen LogP contribution in [0.25, 0.3) is 0 Å². The summed E-state index contributed by atoms with van der Waals surface area (Å²) in [7, 11) is 0. The monoisotopic (exact) mass is 286 g/mol. The molecule has 0 aromatic rings. The summed E-state index contributed by atoms with van der Waals surface area (Å²) in [6.45, 7) is 21.7. The maximum atomic E-state index is 3.54. The average Bonchev–Trinajstić information content (AvgIpc) is 2.39. The van der Waals surface area contributed by atoms with Crippen LogP contribution in [0.3, 0.4) is 0 Å². The van der Waals surface area contributed by atoms with E-state index >= 15 is 0 Å². The minimum atomic E-state index is 0.323. The largest absolute Gasteiger partial charge is 0.315 e. The van der Waals surface area contributed by atoms with Crippen LogP contribution in [0.4, 0.5) is 0 Å². The molecule has 1 saturated heterocycles. The molecule has 0 aromatic heterocycles. The first-order valence-electron chi connectivity index (χ1n) is 8.24. The van der Waals surface area contributed by atoms with E-state index in [1.807, 2.05) is 13.8 Å². The highest BCUT2D eigenvalue weighted by molar-refractivity contribution is 4.78. The van der Waals surface area contributed by atoms with E-state index < -0.39 is 0 Å². The average molecular weight is 287 g/mol. The summed E-state index contributed by atoms with van der Waals surface area (Å²) in [6, 6.07) is 0. The number of hydrogen-bond acceptors (Lipinski definition) is 4. The molecule has 0 amide bonds. The van der Waals surface area contributed by atoms with Crippen molar-refractivity contribution >= 4 is 0 Å². The Morgan fingerprint density at radius 1 is 0.500 bits per heavy atom. The van der Waals surface area contributed by atoms with Gasteiger partial charge >= 0.3 is 0 Å². The van der Waals surface area contributed by atoms with Crippen LogP contribution in [-0.4, -0.2) is 52.4 Å². The van der Waals surface area contributed by atoms with Gasteiger partial charge in [-0.2, -0.15) is 0 Å². The zero-order valence-corrected chi connectivity index (χ0v) is 14.7. The zero-order chi connectivity index (χ0) is 15.5. The number of rotatable bonds is 0. The molecule has 0 saturated carbocycles. The molecule has 4 N–H and O–H groups in total. The van der Waals surface area contributed by atoms with Gasteiger partial charge in [0.2, 0.25) is 0 Å². The Bertz CT molecular complexity index is 183. The number of nitrogens with one attached hydrogen (secondary N) is 4. The molecule has 0 bridgehead atoms. The second-order valence-corrected chi connectivity index (χ2v) is 7.04. The molecule has 0 unspecified atom stereocenters. The molecule has 0 atom stereocenters. The fourth-order valence-electron chi connectivity index (χ4n) is 2.19. The summed E-state index contributed by atoms with van der Waals surface area (Å²) in [6.07, 6.45) is 0. The molecule has 0 aromatic carbocycles. The lowest BCUT2D eigenvalue weighted by Crippen LogP contribution is -2.45. The molecule has 1 aliphatic heterocycles. The zero-order valence-electron chi connectivity index (χ0n) is 14.7. The highest BCUT2D eigenvalue weighted by Crippen LogP contribution is 2.12. The Labute approximate surface area is 126 Å². The Morgan fingerprint density at radius 3 is 0.900 bits per heavy atom. The van der Waals surface area contributed by atoms with Gasteiger partial charge in [-0.05, 0) is 10.8 Å². The van der Waals surface area contributed by atoms with E-state index in [0.717, 1.165) is 52.4 Å². The Balaban J connectivity index is 0.00000172. The predicted octanol–water partition coefficient (Wildman–Crippen LogP) is 1.44. The molecule has 20 heavy (non-hydrogen) atoms. The molecule has 0 radical (unpaired) electrons. The lowest BCUT2D eigenvalue weighted by Gasteiger charge is -2.28. The van der Waals surface area contributed by atoms with Crippen molar-refractivity contribution in [2.45, 2.75) is 41.5 Å². The third-order valence-corrected chi connectivity index (χ3v) is 3.37. The van der Waals surface area contributed by atoms with Crippen molar-refractivity contribution in [2.75, 3.05) is 52.4 Å². The van der Waals surface area contributed by atoms with Crippen LogP contribution in [-0.2, 0) is 0 Å². The van der Waals surface area contributed by atoms with E-state index in [2.05, 4.69) is 49.0 Å². The quantitative estimate of drug-likeness (QED) is 0.544. The van der Waals surface area contributed by atoms with Crippen molar-refractivity contribution in [3.05, 3.63) is 0 Å². The van der Waals surface area contributed by atoms with E-state index in [1.165, 1.54) is 0 Å². The molecule has 0 aliphatic carbocycles. The Kier molecular flexibility index (Phi) is 10.5. The third-order valence-electron chi connectivity index (χ3n) is 3.37. The van der Waals surface area contributed by atoms with Crippen molar-refractivity contribution < 1.29 is 0 Å². The van der Waals surface area contributed by atoms with Gasteiger partial charge in [0.15, 0.2) is 0 Å². The van der Waals surface area contributed by atoms with Crippen molar-refractivity contribution in [3.63, 3.8) is 0 Å². The van der Waals surface area contributed by atoms with Crippen LogP contribution >= 0.6 is 0 Å². The first-order valence-corrected chi connectivity index (χ1v) is 8.24. The van der Waals surface area contributed by atoms with Crippen LogP contribution in [0.15, 0.2) is 0 Å². The molecule has 1 heterocycles. The van der Waals surface area contributed by atoms with Gasteiger partial charge in [0.1, 0.15) is 0 Å². The standard InChI is InChI=1S/C14H32N4.C2H6/c1-13(2)9-15-5-7-17-11-14(3,4)12-18-8-6-16-10-13;1-2/h15-18H,5-12H2,1-4H3;1-2H3. The summed E-state index contributed by atoms with van der Waals surface area (Å²) in [5.74, 6) is 0. The van der Waals surface area contributed by atoms with Gasteiger partial charge in [-0.15, -0.1) is 0 Å². The minimum absolute atomic E-state index is 0.323. The predicted molar refractivity (Wildman–Crippen MR) is 90.4 cm³/mol. The fourth-order valence-corrected chi connectivity index (χ4v) is 2.19. The summed E-state index contributed by atoms with van der Waals surface area (Å²) < 4.78 is 0. The summed E-state index contributed by atoms with van der Waals surface area (Å²) in [5, 5.41) is 14.2. The summed E-state index contributed by atoms with van der Waals surface area (Å²) in [5.41, 5.74) is 0.646. The van der Waals surface area contributed by atoms with Gasteiger partial charge in [-0.3, -0.25) is 0 Å². The van der Waals surface area contributed by atoms with Crippen molar-refractivity contribution in [1.82, 2.24) is 21.3 Å². The van der Waals surface area contributed by atoms with Crippen molar-refractivity contribution in [1.29, 1.82) is 0 Å². The Morgan fingerprint density at radius 2 is 0.700 bits per heavy atom. The maximum Gasteiger partial charge on any atom is 0.00769 e. The maximum absolute atomic E-state index is 3.54. The van der Waals surface area contributed by atoms with Crippen LogP contribution < -0.4 is 21.3 Å². The molecular formula is C16H38N4. The fraction of sp³-hybridized carbons (Fsp3) is 1.00. The topological polar surface area (TPSA) is 48.1 Å². The lowest BCUT2D eigenvalue weighted by atomic mass is 9.92. The molecule has 4 heteroatoms. The highest BCUT2D eigenvalue weighted by Gasteiger charge is 2.18. The van der Waals surface area contributed by atoms with Crippen molar-refractivity contribution in [3.8, 4) is 0 Å². The smallest absolute Gasteiger partial charge is 0.00769 e. The summed E-state index contributed by atoms with van der Waals surface area (Å²) in [4.78, 5) is 0. The van der Waals surface area contributed by atoms with Gasteiger partial charge in [0.05, 0.1) is 0 Å². The van der Waals surface area contributed by atoms with Gasteiger partial charge in [0.25, 0.3) is 0 Å². The van der Waals surface area contributed by atoms with Gasteiger partial charge in [0, 0.05) is 52.4 Å². The molecule has 4 nitrogen and oxygen atoms in total. The molecule has 0 spiro atoms. The highest BCUT2D eigenvalue weighted by atomic mass is 15.0. The first kappa shape index (κ1) is 19.8. The van der Waals surface area contributed by atoms with Gasteiger partial charge < -0.3 is 21.3 Å². The molecule has 1 fully saturated rings. The second kappa shape index (κ2) is 10.6. The Hall–Kier alpha value is -0.160. The van der Waals surface area contributed by atoms with Crippen LogP contribution in [0, 0.1) is 10.8 Å². The van der Waals surface area contributed by atoms with E-state index in [0.29, 0.717) is 10.8 Å². The van der Waals surface area contributed by atoms with Crippen molar-refractivity contribution in [2.24, 2.45) is 10.8 Å². The lowest BCUT2D eigenvalue weighted by molar-refractivity contribution is 0.295. The second-order valence-electron chi connectivity index (χ2n) is 7.04. The summed E-state index contributed by atoms with van der Waals surface area (Å²) >= 11 is 0. The van der Waals surface area contributed by atoms with Crippen LogP contribution in [0.5, 0.6) is 0 Å². The normalized spacial score (nSPS) is 24.9. The van der Waals surface area contributed by atoms with E-state index in [4.69, 9.17) is 0 Å². The van der Waals surface area contributed by atoms with Gasteiger partial charge in [-0.25, -0.2) is 0 Å².